The molecule has 3 rings (SSSR count). The Bertz CT molecular complexity index is 1050. The van der Waals surface area contributed by atoms with E-state index in [1.807, 2.05) is 37.3 Å². The predicted octanol–water partition coefficient (Wildman–Crippen LogP) is 3.54. The second-order valence-corrected chi connectivity index (χ2v) is 6.07. The minimum absolute atomic E-state index is 0.203. The number of para-hydroxylation sites is 1. The van der Waals surface area contributed by atoms with E-state index in [0.29, 0.717) is 12.1 Å². The van der Waals surface area contributed by atoms with Crippen LogP contribution in [0.15, 0.2) is 48.8 Å². The Kier molecular flexibility index (Phi) is 7.43. The number of carbonyl (C=O) groups excluding carboxylic acids is 1. The van der Waals surface area contributed by atoms with E-state index in [0.717, 1.165) is 34.3 Å². The Morgan fingerprint density at radius 3 is 2.43 bits per heavy atom. The van der Waals surface area contributed by atoms with E-state index in [-0.39, 0.29) is 5.91 Å². The summed E-state index contributed by atoms with van der Waals surface area (Å²) in [6, 6.07) is 11.4. The number of rotatable bonds is 4. The number of benzene rings is 1. The summed E-state index contributed by atoms with van der Waals surface area (Å²) >= 11 is 0. The fourth-order valence-corrected chi connectivity index (χ4v) is 2.43. The monoisotopic (exact) mass is 420 g/mol. The maximum atomic E-state index is 12.5. The van der Waals surface area contributed by atoms with E-state index in [1.54, 1.807) is 18.5 Å². The highest BCUT2D eigenvalue weighted by Gasteiger charge is 2.38. The van der Waals surface area contributed by atoms with E-state index in [1.165, 1.54) is 0 Å². The molecule has 0 radical (unpaired) electrons. The number of nitrogens with two attached hydrogens (primary N) is 1. The molecule has 0 aliphatic heterocycles. The third-order valence-electron chi connectivity index (χ3n) is 3.91. The normalized spacial score (nSPS) is 10.8. The molecule has 10 heteroatoms. The van der Waals surface area contributed by atoms with Crippen LogP contribution in [-0.4, -0.2) is 33.1 Å². The fraction of sp³-hybridized carbons (Fsp3) is 0.200. The summed E-state index contributed by atoms with van der Waals surface area (Å²) in [5.41, 5.74) is 9.49. The highest BCUT2D eigenvalue weighted by atomic mass is 19.4. The van der Waals surface area contributed by atoms with Crippen molar-refractivity contribution in [1.82, 2.24) is 9.97 Å². The summed E-state index contributed by atoms with van der Waals surface area (Å²) in [4.78, 5) is 30.1. The third-order valence-corrected chi connectivity index (χ3v) is 3.91. The van der Waals surface area contributed by atoms with E-state index in [4.69, 9.17) is 15.6 Å². The van der Waals surface area contributed by atoms with E-state index in [9.17, 15) is 18.0 Å². The van der Waals surface area contributed by atoms with Gasteiger partial charge in [0, 0.05) is 30.0 Å². The maximum Gasteiger partial charge on any atom is 0.490 e. The average molecular weight is 420 g/mol. The van der Waals surface area contributed by atoms with Gasteiger partial charge in [0.1, 0.15) is 0 Å². The second kappa shape index (κ2) is 9.79. The largest absolute Gasteiger partial charge is 0.490 e. The summed E-state index contributed by atoms with van der Waals surface area (Å²) in [6.45, 7) is 2.39. The van der Waals surface area contributed by atoms with Crippen LogP contribution in [0.4, 0.5) is 18.9 Å². The molecule has 0 spiro atoms. The highest BCUT2D eigenvalue weighted by molar-refractivity contribution is 6.08. The van der Waals surface area contributed by atoms with Gasteiger partial charge in [-0.3, -0.25) is 14.8 Å². The zero-order valence-corrected chi connectivity index (χ0v) is 15.9. The number of fused-ring (bicyclic) bond motifs is 1. The van der Waals surface area contributed by atoms with Crippen LogP contribution in [0, 0.1) is 0 Å². The highest BCUT2D eigenvalue weighted by Crippen LogP contribution is 2.24. The van der Waals surface area contributed by atoms with Crippen LogP contribution < -0.4 is 11.1 Å². The van der Waals surface area contributed by atoms with Crippen LogP contribution in [0.25, 0.3) is 10.9 Å². The molecule has 30 heavy (non-hydrogen) atoms. The number of hydrogen-bond donors (Lipinski definition) is 3. The SMILES string of the molecule is CCc1cc(NC(=O)c2cncc(CN)c2)c2ccccc2n1.O=C(O)C(F)(F)F. The fourth-order valence-electron chi connectivity index (χ4n) is 2.43. The van der Waals surface area contributed by atoms with Crippen molar-refractivity contribution in [2.45, 2.75) is 26.1 Å². The Labute approximate surface area is 169 Å². The Morgan fingerprint density at radius 2 is 1.83 bits per heavy atom. The van der Waals surface area contributed by atoms with Crippen LogP contribution in [-0.2, 0) is 17.8 Å². The first kappa shape index (κ1) is 22.8. The van der Waals surface area contributed by atoms with Crippen molar-refractivity contribution >= 4 is 28.5 Å². The maximum absolute atomic E-state index is 12.5. The first-order chi connectivity index (χ1) is 14.2. The number of hydrogen-bond acceptors (Lipinski definition) is 5. The molecule has 3 aromatic rings. The number of carbonyl (C=O) groups is 2. The summed E-state index contributed by atoms with van der Waals surface area (Å²) in [5, 5.41) is 11.0. The molecule has 158 valence electrons. The van der Waals surface area contributed by atoms with Gasteiger partial charge in [-0.05, 0) is 30.2 Å². The van der Waals surface area contributed by atoms with Crippen LogP contribution in [0.3, 0.4) is 0 Å². The molecule has 0 aliphatic carbocycles. The smallest absolute Gasteiger partial charge is 0.475 e. The van der Waals surface area contributed by atoms with Crippen molar-refractivity contribution in [3.63, 3.8) is 0 Å². The first-order valence-corrected chi connectivity index (χ1v) is 8.79. The number of carboxylic acids is 1. The molecule has 0 aliphatic rings. The minimum Gasteiger partial charge on any atom is -0.475 e. The Hall–Kier alpha value is -3.53. The van der Waals surface area contributed by atoms with Crippen molar-refractivity contribution in [1.29, 1.82) is 0 Å². The van der Waals surface area contributed by atoms with Crippen molar-refractivity contribution in [2.75, 3.05) is 5.32 Å². The van der Waals surface area contributed by atoms with Gasteiger partial charge in [0.2, 0.25) is 0 Å². The molecule has 0 bridgehead atoms. The quantitative estimate of drug-likeness (QED) is 0.594. The van der Waals surface area contributed by atoms with Gasteiger partial charge >= 0.3 is 12.1 Å². The van der Waals surface area contributed by atoms with Crippen molar-refractivity contribution < 1.29 is 27.9 Å². The zero-order valence-electron chi connectivity index (χ0n) is 15.9. The molecule has 0 saturated heterocycles. The molecule has 0 fully saturated rings. The average Bonchev–Trinajstić information content (AvgIpc) is 2.73. The molecular formula is C20H19F3N4O3. The van der Waals surface area contributed by atoms with Gasteiger partial charge < -0.3 is 16.2 Å². The molecule has 2 heterocycles. The molecule has 4 N–H and O–H groups in total. The molecule has 0 unspecified atom stereocenters. The minimum atomic E-state index is -5.08. The van der Waals surface area contributed by atoms with Gasteiger partial charge in [0.05, 0.1) is 16.8 Å². The van der Waals surface area contributed by atoms with Gasteiger partial charge in [-0.1, -0.05) is 25.1 Å². The number of alkyl halides is 3. The summed E-state index contributed by atoms with van der Waals surface area (Å²) in [7, 11) is 0. The predicted molar refractivity (Wildman–Crippen MR) is 105 cm³/mol. The number of aliphatic carboxylic acids is 1. The number of halogens is 3. The lowest BCUT2D eigenvalue weighted by molar-refractivity contribution is -0.192. The van der Waals surface area contributed by atoms with E-state index < -0.39 is 12.1 Å². The van der Waals surface area contributed by atoms with Gasteiger partial charge in [-0.15, -0.1) is 0 Å². The topological polar surface area (TPSA) is 118 Å². The molecule has 0 atom stereocenters. The number of nitrogens with zero attached hydrogens (tertiary/aromatic N) is 2. The number of pyridine rings is 2. The number of carboxylic acid groups (broad SMARTS) is 1. The summed E-state index contributed by atoms with van der Waals surface area (Å²) < 4.78 is 31.7. The lowest BCUT2D eigenvalue weighted by atomic mass is 10.1. The van der Waals surface area contributed by atoms with Crippen LogP contribution in [0.1, 0.15) is 28.5 Å². The number of nitrogens with one attached hydrogen (secondary N) is 1. The van der Waals surface area contributed by atoms with Crippen LogP contribution in [0.5, 0.6) is 0 Å². The Morgan fingerprint density at radius 1 is 1.17 bits per heavy atom. The lowest BCUT2D eigenvalue weighted by Gasteiger charge is -2.11. The van der Waals surface area contributed by atoms with E-state index >= 15 is 0 Å². The number of aryl methyl sites for hydroxylation is 1. The summed E-state index contributed by atoms with van der Waals surface area (Å²) in [5.74, 6) is -2.96. The van der Waals surface area contributed by atoms with Gasteiger partial charge in [0.15, 0.2) is 0 Å². The van der Waals surface area contributed by atoms with Gasteiger partial charge in [0.25, 0.3) is 5.91 Å². The molecular weight excluding hydrogens is 401 g/mol. The third kappa shape index (κ3) is 5.98. The number of anilines is 1. The molecule has 1 amide bonds. The molecule has 1 aromatic carbocycles. The summed E-state index contributed by atoms with van der Waals surface area (Å²) in [6.07, 6.45) is -1.08. The van der Waals surface area contributed by atoms with Crippen molar-refractivity contribution in [3.8, 4) is 0 Å². The molecule has 7 nitrogen and oxygen atoms in total. The number of amides is 1. The Balaban J connectivity index is 0.000000396. The van der Waals surface area contributed by atoms with Crippen LogP contribution >= 0.6 is 0 Å². The molecule has 2 aromatic heterocycles. The number of aromatic nitrogens is 2. The zero-order chi connectivity index (χ0) is 22.3. The standard InChI is InChI=1S/C18H18N4O.C2HF3O2/c1-2-14-8-17(15-5-3-4-6-16(15)21-14)22-18(23)13-7-12(9-19)10-20-11-13;3-2(4,5)1(6)7/h3-8,10-11H,2,9,19H2,1H3,(H,21,22,23);(H,6,7). The molecule has 0 saturated carbocycles. The van der Waals surface area contributed by atoms with E-state index in [2.05, 4.69) is 15.3 Å². The van der Waals surface area contributed by atoms with Gasteiger partial charge in [-0.25, -0.2) is 4.79 Å². The van der Waals surface area contributed by atoms with Crippen LogP contribution in [0.2, 0.25) is 0 Å². The van der Waals surface area contributed by atoms with Gasteiger partial charge in [-0.2, -0.15) is 13.2 Å². The van der Waals surface area contributed by atoms with Crippen molar-refractivity contribution in [3.05, 3.63) is 65.6 Å². The van der Waals surface area contributed by atoms with Crippen molar-refractivity contribution in [2.24, 2.45) is 5.73 Å². The lowest BCUT2D eigenvalue weighted by Crippen LogP contribution is -2.21. The second-order valence-electron chi connectivity index (χ2n) is 6.07. The first-order valence-electron chi connectivity index (χ1n) is 8.79.